The third-order valence-electron chi connectivity index (χ3n) is 2.64. The lowest BCUT2D eigenvalue weighted by molar-refractivity contribution is -0.132. The molecule has 1 rings (SSSR count). The fourth-order valence-corrected chi connectivity index (χ4v) is 2.37. The van der Waals surface area contributed by atoms with E-state index in [2.05, 4.69) is 9.97 Å². The predicted octanol–water partition coefficient (Wildman–Crippen LogP) is 0.525. The second-order valence-corrected chi connectivity index (χ2v) is 5.52. The van der Waals surface area contributed by atoms with Gasteiger partial charge in [0.1, 0.15) is 5.25 Å². The molecule has 0 bridgehead atoms. The zero-order chi connectivity index (χ0) is 14.7. The smallest absolute Gasteiger partial charge is 0.254 e. The first-order valence-corrected chi connectivity index (χ1v) is 6.57. The van der Waals surface area contributed by atoms with Crippen LogP contribution < -0.4 is 5.56 Å². The van der Waals surface area contributed by atoms with E-state index < -0.39 is 5.25 Å². The van der Waals surface area contributed by atoms with Gasteiger partial charge < -0.3 is 9.88 Å². The normalized spacial score (nSPS) is 12.1. The Morgan fingerprint density at radius 3 is 2.32 bits per heavy atom. The molecule has 1 aromatic heterocycles. The maximum absolute atomic E-state index is 11.9. The number of aromatic nitrogens is 2. The van der Waals surface area contributed by atoms with Gasteiger partial charge in [0.05, 0.1) is 0 Å². The summed E-state index contributed by atoms with van der Waals surface area (Å²) in [6, 6.07) is 0. The highest BCUT2D eigenvalue weighted by molar-refractivity contribution is 8.01. The number of carbonyl (C=O) groups excluding carboxylic acids is 2. The van der Waals surface area contributed by atoms with Gasteiger partial charge in [-0.1, -0.05) is 11.8 Å². The van der Waals surface area contributed by atoms with Crippen LogP contribution in [0.15, 0.2) is 9.95 Å². The Labute approximate surface area is 115 Å². The van der Waals surface area contributed by atoms with E-state index in [1.165, 1.54) is 11.8 Å². The molecule has 0 fully saturated rings. The van der Waals surface area contributed by atoms with Crippen LogP contribution in [-0.2, 0) is 9.59 Å². The van der Waals surface area contributed by atoms with Crippen LogP contribution in [0.5, 0.6) is 0 Å². The second-order valence-electron chi connectivity index (χ2n) is 4.42. The summed E-state index contributed by atoms with van der Waals surface area (Å²) in [7, 11) is 3.16. The number of hydrogen-bond donors (Lipinski definition) is 1. The molecule has 1 heterocycles. The van der Waals surface area contributed by atoms with Gasteiger partial charge in [-0.3, -0.25) is 14.4 Å². The van der Waals surface area contributed by atoms with Gasteiger partial charge in [0.2, 0.25) is 5.91 Å². The lowest BCUT2D eigenvalue weighted by Crippen LogP contribution is -2.36. The fraction of sp³-hybridized carbons (Fsp3) is 0.500. The number of hydrogen-bond acceptors (Lipinski definition) is 5. The van der Waals surface area contributed by atoms with Gasteiger partial charge >= 0.3 is 0 Å². The van der Waals surface area contributed by atoms with E-state index in [1.807, 2.05) is 0 Å². The van der Waals surface area contributed by atoms with Crippen LogP contribution in [0, 0.1) is 13.8 Å². The highest BCUT2D eigenvalue weighted by Gasteiger charge is 2.27. The summed E-state index contributed by atoms with van der Waals surface area (Å²) < 4.78 is 0. The summed E-state index contributed by atoms with van der Waals surface area (Å²) in [6.07, 6.45) is 0. The molecule has 19 heavy (non-hydrogen) atoms. The molecule has 0 aliphatic carbocycles. The first-order chi connectivity index (χ1) is 8.73. The van der Waals surface area contributed by atoms with Gasteiger partial charge in [-0.05, 0) is 20.8 Å². The molecule has 1 atom stereocenters. The number of carbonyl (C=O) groups is 2. The van der Waals surface area contributed by atoms with Gasteiger partial charge in [-0.15, -0.1) is 0 Å². The molecule has 6 nitrogen and oxygen atoms in total. The van der Waals surface area contributed by atoms with E-state index in [1.54, 1.807) is 27.9 Å². The molecule has 0 saturated heterocycles. The largest absolute Gasteiger partial charge is 0.347 e. The Bertz CT molecular complexity index is 566. The molecular weight excluding hydrogens is 266 g/mol. The maximum atomic E-state index is 11.9. The van der Waals surface area contributed by atoms with Gasteiger partial charge in [0, 0.05) is 25.4 Å². The van der Waals surface area contributed by atoms with E-state index >= 15 is 0 Å². The summed E-state index contributed by atoms with van der Waals surface area (Å²) in [5.74, 6) is -0.594. The first-order valence-electron chi connectivity index (χ1n) is 5.69. The SMILES string of the molecule is CC(=O)[C@H](Sc1nc(C)c(C)c(=O)[nH]1)C(=O)N(C)C. The Morgan fingerprint density at radius 2 is 1.89 bits per heavy atom. The van der Waals surface area contributed by atoms with Crippen LogP contribution >= 0.6 is 11.8 Å². The van der Waals surface area contributed by atoms with Crippen molar-refractivity contribution >= 4 is 23.5 Å². The summed E-state index contributed by atoms with van der Waals surface area (Å²) in [5, 5.41) is -0.608. The zero-order valence-electron chi connectivity index (χ0n) is 11.6. The molecule has 0 saturated carbocycles. The summed E-state index contributed by atoms with van der Waals surface area (Å²) in [6.45, 7) is 4.73. The van der Waals surface area contributed by atoms with E-state index in [9.17, 15) is 14.4 Å². The van der Waals surface area contributed by atoms with Crippen molar-refractivity contribution in [1.29, 1.82) is 0 Å². The van der Waals surface area contributed by atoms with Gasteiger partial charge in [0.25, 0.3) is 5.56 Å². The highest BCUT2D eigenvalue weighted by Crippen LogP contribution is 2.21. The Hall–Kier alpha value is -1.63. The molecule has 7 heteroatoms. The molecule has 1 aromatic rings. The molecule has 1 amide bonds. The minimum Gasteiger partial charge on any atom is -0.347 e. The third-order valence-corrected chi connectivity index (χ3v) is 3.82. The van der Waals surface area contributed by atoms with Crippen LogP contribution in [0.1, 0.15) is 18.2 Å². The second kappa shape index (κ2) is 6.01. The number of nitrogens with zero attached hydrogens (tertiary/aromatic N) is 2. The number of aryl methyl sites for hydroxylation is 1. The Balaban J connectivity index is 3.08. The van der Waals surface area contributed by atoms with Crippen LogP contribution in [-0.4, -0.2) is 45.9 Å². The predicted molar refractivity (Wildman–Crippen MR) is 73.4 cm³/mol. The van der Waals surface area contributed by atoms with E-state index in [0.29, 0.717) is 11.3 Å². The van der Waals surface area contributed by atoms with Gasteiger partial charge in [0.15, 0.2) is 10.9 Å². The number of thioether (sulfide) groups is 1. The number of aromatic amines is 1. The van der Waals surface area contributed by atoms with Crippen molar-refractivity contribution in [2.45, 2.75) is 31.2 Å². The molecule has 0 unspecified atom stereocenters. The van der Waals surface area contributed by atoms with Gasteiger partial charge in [-0.25, -0.2) is 4.98 Å². The molecule has 1 N–H and O–H groups in total. The third kappa shape index (κ3) is 3.66. The molecule has 0 aromatic carbocycles. The topological polar surface area (TPSA) is 83.1 Å². The molecule has 0 spiro atoms. The molecule has 0 aliphatic heterocycles. The standard InChI is InChI=1S/C12H17N3O3S/c1-6-7(2)13-12(14-10(6)17)19-9(8(3)16)11(18)15(4)5/h9H,1-5H3,(H,13,14,17)/t9-/m0/s1. The number of nitrogens with one attached hydrogen (secondary N) is 1. The number of rotatable bonds is 4. The monoisotopic (exact) mass is 283 g/mol. The lowest BCUT2D eigenvalue weighted by atomic mass is 10.3. The molecule has 0 aliphatic rings. The first kappa shape index (κ1) is 15.4. The van der Waals surface area contributed by atoms with E-state index in [4.69, 9.17) is 0 Å². The van der Waals surface area contributed by atoms with Gasteiger partial charge in [-0.2, -0.15) is 0 Å². The van der Waals surface area contributed by atoms with Crippen molar-refractivity contribution < 1.29 is 9.59 Å². The average Bonchev–Trinajstić information content (AvgIpc) is 2.31. The lowest BCUT2D eigenvalue weighted by Gasteiger charge is -2.17. The summed E-state index contributed by atoms with van der Waals surface area (Å²) in [5.41, 5.74) is 0.864. The van der Waals surface area contributed by atoms with Crippen molar-refractivity contribution in [1.82, 2.24) is 14.9 Å². The molecule has 104 valence electrons. The van der Waals surface area contributed by atoms with Crippen molar-refractivity contribution in [2.75, 3.05) is 14.1 Å². The van der Waals surface area contributed by atoms with Crippen molar-refractivity contribution in [3.63, 3.8) is 0 Å². The summed E-state index contributed by atoms with van der Waals surface area (Å²) >= 11 is 0.963. The zero-order valence-corrected chi connectivity index (χ0v) is 12.4. The van der Waals surface area contributed by atoms with Crippen LogP contribution in [0.25, 0.3) is 0 Å². The van der Waals surface area contributed by atoms with Crippen molar-refractivity contribution in [3.05, 3.63) is 21.6 Å². The Morgan fingerprint density at radius 1 is 1.32 bits per heavy atom. The van der Waals surface area contributed by atoms with Crippen molar-refractivity contribution in [2.24, 2.45) is 0 Å². The number of ketones is 1. The van der Waals surface area contributed by atoms with Crippen LogP contribution in [0.3, 0.4) is 0 Å². The number of amides is 1. The maximum Gasteiger partial charge on any atom is 0.254 e. The van der Waals surface area contributed by atoms with E-state index in [-0.39, 0.29) is 22.4 Å². The van der Waals surface area contributed by atoms with Crippen LogP contribution in [0.2, 0.25) is 0 Å². The fourth-order valence-electron chi connectivity index (χ4n) is 1.33. The number of Topliss-reactive ketones (excluding diaryl/α,β-unsaturated/α-hetero) is 1. The Kier molecular flexibility index (Phi) is 4.88. The van der Waals surface area contributed by atoms with E-state index in [0.717, 1.165) is 11.8 Å². The van der Waals surface area contributed by atoms with Crippen molar-refractivity contribution in [3.8, 4) is 0 Å². The molecule has 0 radical (unpaired) electrons. The van der Waals surface area contributed by atoms with Crippen LogP contribution in [0.4, 0.5) is 0 Å². The minimum absolute atomic E-state index is 0.255. The summed E-state index contributed by atoms with van der Waals surface area (Å²) in [4.78, 5) is 43.2. The average molecular weight is 283 g/mol. The molecular formula is C12H17N3O3S. The number of H-pyrrole nitrogens is 1. The minimum atomic E-state index is -0.889. The quantitative estimate of drug-likeness (QED) is 0.495. The highest BCUT2D eigenvalue weighted by atomic mass is 32.2.